The standard InChI is InChI=1S/C16H33N/c1-3-4-5-6-10-15(2)17-14-9-13-16-11-7-8-12-16/h15-17H,3-14H2,1-2H3. The average molecular weight is 239 g/mol. The van der Waals surface area contributed by atoms with Gasteiger partial charge in [0.25, 0.3) is 0 Å². The zero-order chi connectivity index (χ0) is 12.3. The van der Waals surface area contributed by atoms with Gasteiger partial charge in [-0.25, -0.2) is 0 Å². The normalized spacial score (nSPS) is 18.7. The van der Waals surface area contributed by atoms with Crippen molar-refractivity contribution in [3.63, 3.8) is 0 Å². The SMILES string of the molecule is CCCCCCC(C)NCCCC1CCCC1. The van der Waals surface area contributed by atoms with Crippen LogP contribution >= 0.6 is 0 Å². The summed E-state index contributed by atoms with van der Waals surface area (Å²) >= 11 is 0. The predicted octanol–water partition coefficient (Wildman–Crippen LogP) is 4.91. The monoisotopic (exact) mass is 239 g/mol. The molecule has 1 nitrogen and oxygen atoms in total. The smallest absolute Gasteiger partial charge is 0.00387 e. The van der Waals surface area contributed by atoms with E-state index >= 15 is 0 Å². The molecule has 1 heteroatoms. The number of rotatable bonds is 10. The first kappa shape index (κ1) is 15.0. The minimum Gasteiger partial charge on any atom is -0.314 e. The molecule has 0 amide bonds. The maximum Gasteiger partial charge on any atom is 0.00387 e. The van der Waals surface area contributed by atoms with E-state index in [0.29, 0.717) is 0 Å². The zero-order valence-electron chi connectivity index (χ0n) is 12.1. The van der Waals surface area contributed by atoms with Crippen LogP contribution in [0.3, 0.4) is 0 Å². The molecule has 102 valence electrons. The van der Waals surface area contributed by atoms with E-state index in [-0.39, 0.29) is 0 Å². The minimum atomic E-state index is 0.732. The van der Waals surface area contributed by atoms with Crippen molar-refractivity contribution in [2.24, 2.45) is 5.92 Å². The van der Waals surface area contributed by atoms with Crippen molar-refractivity contribution in [2.45, 2.75) is 90.5 Å². The molecule has 1 unspecified atom stereocenters. The highest BCUT2D eigenvalue weighted by molar-refractivity contribution is 4.68. The number of hydrogen-bond acceptors (Lipinski definition) is 1. The van der Waals surface area contributed by atoms with Crippen LogP contribution in [-0.2, 0) is 0 Å². The summed E-state index contributed by atoms with van der Waals surface area (Å²) in [7, 11) is 0. The highest BCUT2D eigenvalue weighted by Gasteiger charge is 2.13. The number of hydrogen-bond donors (Lipinski definition) is 1. The van der Waals surface area contributed by atoms with E-state index in [1.54, 1.807) is 0 Å². The van der Waals surface area contributed by atoms with E-state index in [2.05, 4.69) is 19.2 Å². The van der Waals surface area contributed by atoms with Gasteiger partial charge in [-0.05, 0) is 38.6 Å². The summed E-state index contributed by atoms with van der Waals surface area (Å²) in [6, 6.07) is 0.732. The van der Waals surface area contributed by atoms with Gasteiger partial charge in [0.1, 0.15) is 0 Å². The van der Waals surface area contributed by atoms with E-state index in [1.807, 2.05) is 0 Å². The maximum absolute atomic E-state index is 3.68. The lowest BCUT2D eigenvalue weighted by Crippen LogP contribution is -2.27. The third-order valence-electron chi connectivity index (χ3n) is 4.25. The maximum atomic E-state index is 3.68. The van der Waals surface area contributed by atoms with Gasteiger partial charge in [-0.15, -0.1) is 0 Å². The molecule has 1 saturated carbocycles. The van der Waals surface area contributed by atoms with Crippen molar-refractivity contribution in [3.8, 4) is 0 Å². The Kier molecular flexibility index (Phi) is 8.78. The summed E-state index contributed by atoms with van der Waals surface area (Å²) in [6.07, 6.45) is 15.8. The molecule has 1 rings (SSSR count). The van der Waals surface area contributed by atoms with Crippen molar-refractivity contribution in [1.29, 1.82) is 0 Å². The molecule has 1 N–H and O–H groups in total. The molecule has 0 heterocycles. The van der Waals surface area contributed by atoms with Crippen molar-refractivity contribution in [2.75, 3.05) is 6.54 Å². The molecule has 1 atom stereocenters. The van der Waals surface area contributed by atoms with Crippen LogP contribution in [-0.4, -0.2) is 12.6 Å². The second kappa shape index (κ2) is 9.94. The lowest BCUT2D eigenvalue weighted by atomic mass is 10.0. The van der Waals surface area contributed by atoms with E-state index < -0.39 is 0 Å². The lowest BCUT2D eigenvalue weighted by molar-refractivity contribution is 0.436. The summed E-state index contributed by atoms with van der Waals surface area (Å²) in [5, 5.41) is 3.68. The van der Waals surface area contributed by atoms with Crippen LogP contribution in [0.5, 0.6) is 0 Å². The van der Waals surface area contributed by atoms with Crippen molar-refractivity contribution in [3.05, 3.63) is 0 Å². The Morgan fingerprint density at radius 2 is 1.82 bits per heavy atom. The van der Waals surface area contributed by atoms with E-state index in [1.165, 1.54) is 77.2 Å². The van der Waals surface area contributed by atoms with Gasteiger partial charge in [-0.1, -0.05) is 58.3 Å². The fourth-order valence-corrected chi connectivity index (χ4v) is 3.02. The fourth-order valence-electron chi connectivity index (χ4n) is 3.02. The Morgan fingerprint density at radius 1 is 1.06 bits per heavy atom. The zero-order valence-corrected chi connectivity index (χ0v) is 12.1. The van der Waals surface area contributed by atoms with Crippen molar-refractivity contribution >= 4 is 0 Å². The van der Waals surface area contributed by atoms with Crippen LogP contribution in [0.15, 0.2) is 0 Å². The van der Waals surface area contributed by atoms with Crippen molar-refractivity contribution in [1.82, 2.24) is 5.32 Å². The van der Waals surface area contributed by atoms with Crippen LogP contribution in [0, 0.1) is 5.92 Å². The van der Waals surface area contributed by atoms with Crippen LogP contribution in [0.2, 0.25) is 0 Å². The summed E-state index contributed by atoms with van der Waals surface area (Å²) in [4.78, 5) is 0. The van der Waals surface area contributed by atoms with Crippen LogP contribution < -0.4 is 5.32 Å². The first-order chi connectivity index (χ1) is 8.33. The Labute approximate surface area is 109 Å². The second-order valence-corrected chi connectivity index (χ2v) is 6.00. The van der Waals surface area contributed by atoms with Gasteiger partial charge in [0.15, 0.2) is 0 Å². The molecule has 0 radical (unpaired) electrons. The van der Waals surface area contributed by atoms with E-state index in [4.69, 9.17) is 0 Å². The summed E-state index contributed by atoms with van der Waals surface area (Å²) in [5.74, 6) is 1.07. The molecule has 0 saturated heterocycles. The van der Waals surface area contributed by atoms with Gasteiger partial charge in [0.05, 0.1) is 0 Å². The lowest BCUT2D eigenvalue weighted by Gasteiger charge is -2.14. The summed E-state index contributed by atoms with van der Waals surface area (Å²) in [5.41, 5.74) is 0. The highest BCUT2D eigenvalue weighted by Crippen LogP contribution is 2.28. The summed E-state index contributed by atoms with van der Waals surface area (Å²) < 4.78 is 0. The van der Waals surface area contributed by atoms with Gasteiger partial charge in [0.2, 0.25) is 0 Å². The molecule has 17 heavy (non-hydrogen) atoms. The molecule has 0 aromatic heterocycles. The average Bonchev–Trinajstić information content (AvgIpc) is 2.83. The van der Waals surface area contributed by atoms with E-state index in [0.717, 1.165) is 12.0 Å². The third-order valence-corrected chi connectivity index (χ3v) is 4.25. The summed E-state index contributed by atoms with van der Waals surface area (Å²) in [6.45, 7) is 5.87. The predicted molar refractivity (Wildman–Crippen MR) is 77.4 cm³/mol. The van der Waals surface area contributed by atoms with Crippen LogP contribution in [0.25, 0.3) is 0 Å². The van der Waals surface area contributed by atoms with Gasteiger partial charge in [0, 0.05) is 6.04 Å². The Balaban J connectivity index is 1.84. The van der Waals surface area contributed by atoms with Crippen LogP contribution in [0.1, 0.15) is 84.5 Å². The number of unbranched alkanes of at least 4 members (excludes halogenated alkanes) is 3. The first-order valence-electron chi connectivity index (χ1n) is 8.06. The molecule has 1 aliphatic rings. The molecule has 0 aromatic rings. The number of nitrogens with one attached hydrogen (secondary N) is 1. The molecule has 0 aromatic carbocycles. The fraction of sp³-hybridized carbons (Fsp3) is 1.00. The van der Waals surface area contributed by atoms with Crippen LogP contribution in [0.4, 0.5) is 0 Å². The molecule has 1 aliphatic carbocycles. The second-order valence-electron chi connectivity index (χ2n) is 6.00. The van der Waals surface area contributed by atoms with Crippen molar-refractivity contribution < 1.29 is 0 Å². The topological polar surface area (TPSA) is 12.0 Å². The largest absolute Gasteiger partial charge is 0.314 e. The van der Waals surface area contributed by atoms with Gasteiger partial charge in [-0.2, -0.15) is 0 Å². The van der Waals surface area contributed by atoms with Gasteiger partial charge < -0.3 is 5.32 Å². The Hall–Kier alpha value is -0.0400. The van der Waals surface area contributed by atoms with E-state index in [9.17, 15) is 0 Å². The third kappa shape index (κ3) is 7.81. The molecular formula is C16H33N. The van der Waals surface area contributed by atoms with Gasteiger partial charge >= 0.3 is 0 Å². The van der Waals surface area contributed by atoms with Gasteiger partial charge in [-0.3, -0.25) is 0 Å². The first-order valence-corrected chi connectivity index (χ1v) is 8.06. The molecule has 1 fully saturated rings. The quantitative estimate of drug-likeness (QED) is 0.534. The Morgan fingerprint density at radius 3 is 2.53 bits per heavy atom. The molecule has 0 bridgehead atoms. The Bertz CT molecular complexity index is 161. The highest BCUT2D eigenvalue weighted by atomic mass is 14.9. The molecular weight excluding hydrogens is 206 g/mol. The molecule has 0 aliphatic heterocycles. The minimum absolute atomic E-state index is 0.732. The molecule has 0 spiro atoms.